The summed E-state index contributed by atoms with van der Waals surface area (Å²) in [5.41, 5.74) is 4.38. The first-order valence-corrected chi connectivity index (χ1v) is 11.2. The predicted octanol–water partition coefficient (Wildman–Crippen LogP) is 4.24. The summed E-state index contributed by atoms with van der Waals surface area (Å²) in [5, 5.41) is 3.39. The average Bonchev–Trinajstić information content (AvgIpc) is 3.07. The van der Waals surface area contributed by atoms with Crippen molar-refractivity contribution in [2.45, 2.75) is 47.1 Å². The molecule has 31 heavy (non-hydrogen) atoms. The Morgan fingerprint density at radius 3 is 2.55 bits per heavy atom. The van der Waals surface area contributed by atoms with Crippen LogP contribution in [0, 0.1) is 13.8 Å². The standard InChI is InChI=1S/C23H28N2O5S/c1-5-29-22(27)20-17-9-10-25(23(28)30-6-2)13-18(17)31-21(20)24-19(26)12-16-8-7-14(3)11-15(16)4/h7-8,11H,5-6,9-10,12-13H2,1-4H3,(H,24,26). The molecule has 0 radical (unpaired) electrons. The highest BCUT2D eigenvalue weighted by molar-refractivity contribution is 7.17. The molecule has 1 aliphatic rings. The van der Waals surface area contributed by atoms with Crippen molar-refractivity contribution in [2.24, 2.45) is 0 Å². The molecule has 3 rings (SSSR count). The van der Waals surface area contributed by atoms with Crippen LogP contribution in [0.5, 0.6) is 0 Å². The molecule has 0 aliphatic carbocycles. The van der Waals surface area contributed by atoms with Gasteiger partial charge in [0.1, 0.15) is 5.00 Å². The number of fused-ring (bicyclic) bond motifs is 1. The topological polar surface area (TPSA) is 84.9 Å². The fourth-order valence-electron chi connectivity index (χ4n) is 3.67. The summed E-state index contributed by atoms with van der Waals surface area (Å²) in [6, 6.07) is 5.97. The number of anilines is 1. The van der Waals surface area contributed by atoms with Crippen LogP contribution in [-0.2, 0) is 33.7 Å². The van der Waals surface area contributed by atoms with Gasteiger partial charge in [0, 0.05) is 11.4 Å². The fourth-order valence-corrected chi connectivity index (χ4v) is 4.94. The second-order valence-corrected chi connectivity index (χ2v) is 8.56. The molecule has 166 valence electrons. The summed E-state index contributed by atoms with van der Waals surface area (Å²) in [6.45, 7) is 8.85. The molecule has 0 bridgehead atoms. The van der Waals surface area contributed by atoms with Crippen molar-refractivity contribution in [2.75, 3.05) is 25.1 Å². The lowest BCUT2D eigenvalue weighted by atomic mass is 10.0. The molecule has 1 aromatic heterocycles. The summed E-state index contributed by atoms with van der Waals surface area (Å²) in [5.74, 6) is -0.648. The molecule has 2 amide bonds. The van der Waals surface area contributed by atoms with Gasteiger partial charge in [0.15, 0.2) is 0 Å². The van der Waals surface area contributed by atoms with Gasteiger partial charge in [0.05, 0.1) is 31.7 Å². The van der Waals surface area contributed by atoms with E-state index in [0.717, 1.165) is 27.1 Å². The number of amides is 2. The van der Waals surface area contributed by atoms with Gasteiger partial charge in [-0.15, -0.1) is 11.3 Å². The minimum atomic E-state index is -0.452. The molecular formula is C23H28N2O5S. The van der Waals surface area contributed by atoms with E-state index in [9.17, 15) is 14.4 Å². The van der Waals surface area contributed by atoms with E-state index in [2.05, 4.69) is 5.32 Å². The highest BCUT2D eigenvalue weighted by Crippen LogP contribution is 2.38. The number of hydrogen-bond donors (Lipinski definition) is 1. The number of carbonyl (C=O) groups excluding carboxylic acids is 3. The van der Waals surface area contributed by atoms with Gasteiger partial charge in [-0.05, 0) is 50.8 Å². The Morgan fingerprint density at radius 1 is 1.13 bits per heavy atom. The molecule has 1 aliphatic heterocycles. The third-order valence-electron chi connectivity index (χ3n) is 5.16. The lowest BCUT2D eigenvalue weighted by Gasteiger charge is -2.26. The van der Waals surface area contributed by atoms with Crippen molar-refractivity contribution < 1.29 is 23.9 Å². The van der Waals surface area contributed by atoms with Crippen LogP contribution in [0.25, 0.3) is 0 Å². The molecule has 0 atom stereocenters. The first kappa shape index (κ1) is 22.8. The zero-order valence-electron chi connectivity index (χ0n) is 18.4. The van der Waals surface area contributed by atoms with Gasteiger partial charge >= 0.3 is 12.1 Å². The maximum absolute atomic E-state index is 12.8. The highest BCUT2D eigenvalue weighted by atomic mass is 32.1. The van der Waals surface area contributed by atoms with E-state index in [0.29, 0.717) is 36.7 Å². The zero-order chi connectivity index (χ0) is 22.5. The van der Waals surface area contributed by atoms with Crippen molar-refractivity contribution in [3.8, 4) is 0 Å². The molecule has 0 saturated carbocycles. The number of benzene rings is 1. The van der Waals surface area contributed by atoms with Gasteiger partial charge in [-0.1, -0.05) is 23.8 Å². The summed E-state index contributed by atoms with van der Waals surface area (Å²) >= 11 is 1.32. The van der Waals surface area contributed by atoms with E-state index in [1.54, 1.807) is 18.7 Å². The van der Waals surface area contributed by atoms with E-state index in [1.807, 2.05) is 32.0 Å². The minimum Gasteiger partial charge on any atom is -0.462 e. The molecule has 7 nitrogen and oxygen atoms in total. The molecule has 2 aromatic rings. The van der Waals surface area contributed by atoms with E-state index < -0.39 is 5.97 Å². The lowest BCUT2D eigenvalue weighted by Crippen LogP contribution is -2.36. The van der Waals surface area contributed by atoms with Crippen LogP contribution in [0.4, 0.5) is 9.80 Å². The zero-order valence-corrected chi connectivity index (χ0v) is 19.2. The van der Waals surface area contributed by atoms with Gasteiger partial charge in [-0.2, -0.15) is 0 Å². The third kappa shape index (κ3) is 5.25. The number of aryl methyl sites for hydroxylation is 2. The third-order valence-corrected chi connectivity index (χ3v) is 6.30. The SMILES string of the molecule is CCOC(=O)c1c(NC(=O)Cc2ccc(C)cc2C)sc2c1CCN(C(=O)OCC)C2. The monoisotopic (exact) mass is 444 g/mol. The molecule has 8 heteroatoms. The van der Waals surface area contributed by atoms with Gasteiger partial charge in [0.25, 0.3) is 0 Å². The molecule has 0 spiro atoms. The Kier molecular flexibility index (Phi) is 7.33. The fraction of sp³-hybridized carbons (Fsp3) is 0.435. The van der Waals surface area contributed by atoms with E-state index >= 15 is 0 Å². The minimum absolute atomic E-state index is 0.196. The van der Waals surface area contributed by atoms with Crippen LogP contribution < -0.4 is 5.32 Å². The Bertz CT molecular complexity index is 998. The Labute approximate surface area is 186 Å². The number of ether oxygens (including phenoxy) is 2. The number of hydrogen-bond acceptors (Lipinski definition) is 6. The smallest absolute Gasteiger partial charge is 0.410 e. The molecule has 0 saturated heterocycles. The van der Waals surface area contributed by atoms with E-state index in [-0.39, 0.29) is 25.0 Å². The molecule has 1 N–H and O–H groups in total. The number of thiophene rings is 1. The van der Waals surface area contributed by atoms with Gasteiger partial charge in [-0.25, -0.2) is 9.59 Å². The van der Waals surface area contributed by atoms with Crippen molar-refractivity contribution in [3.05, 3.63) is 50.9 Å². The quantitative estimate of drug-likeness (QED) is 0.674. The van der Waals surface area contributed by atoms with Crippen LogP contribution in [0.3, 0.4) is 0 Å². The largest absolute Gasteiger partial charge is 0.462 e. The van der Waals surface area contributed by atoms with Crippen LogP contribution in [0.15, 0.2) is 18.2 Å². The Morgan fingerprint density at radius 2 is 1.87 bits per heavy atom. The van der Waals surface area contributed by atoms with Gasteiger partial charge < -0.3 is 19.7 Å². The number of nitrogens with zero attached hydrogens (tertiary/aromatic N) is 1. The molecule has 0 fully saturated rings. The highest BCUT2D eigenvalue weighted by Gasteiger charge is 2.31. The average molecular weight is 445 g/mol. The maximum atomic E-state index is 12.8. The van der Waals surface area contributed by atoms with Gasteiger partial charge in [0.2, 0.25) is 5.91 Å². The van der Waals surface area contributed by atoms with Crippen LogP contribution in [-0.4, -0.2) is 42.6 Å². The predicted molar refractivity (Wildman–Crippen MR) is 120 cm³/mol. The van der Waals surface area contributed by atoms with Crippen LogP contribution >= 0.6 is 11.3 Å². The first-order valence-electron chi connectivity index (χ1n) is 10.4. The Hall–Kier alpha value is -2.87. The summed E-state index contributed by atoms with van der Waals surface area (Å²) in [6.07, 6.45) is 0.345. The summed E-state index contributed by atoms with van der Waals surface area (Å²) in [4.78, 5) is 40.1. The summed E-state index contributed by atoms with van der Waals surface area (Å²) < 4.78 is 10.3. The second kappa shape index (κ2) is 9.96. The molecule has 1 aromatic carbocycles. The normalized spacial score (nSPS) is 12.8. The number of rotatable bonds is 6. The van der Waals surface area contributed by atoms with Crippen molar-refractivity contribution in [3.63, 3.8) is 0 Å². The lowest BCUT2D eigenvalue weighted by molar-refractivity contribution is -0.115. The number of nitrogens with one attached hydrogen (secondary N) is 1. The van der Waals surface area contributed by atoms with Crippen LogP contribution in [0.2, 0.25) is 0 Å². The van der Waals surface area contributed by atoms with Crippen molar-refractivity contribution in [1.82, 2.24) is 4.90 Å². The Balaban J connectivity index is 1.84. The van der Waals surface area contributed by atoms with E-state index in [4.69, 9.17) is 9.47 Å². The first-order chi connectivity index (χ1) is 14.8. The number of esters is 1. The van der Waals surface area contributed by atoms with E-state index in [1.165, 1.54) is 11.3 Å². The van der Waals surface area contributed by atoms with Crippen LogP contribution in [0.1, 0.15) is 51.3 Å². The molecule has 0 unspecified atom stereocenters. The van der Waals surface area contributed by atoms with Crippen molar-refractivity contribution in [1.29, 1.82) is 0 Å². The van der Waals surface area contributed by atoms with Gasteiger partial charge in [-0.3, -0.25) is 4.79 Å². The molecule has 2 heterocycles. The number of carbonyl (C=O) groups is 3. The summed E-state index contributed by atoms with van der Waals surface area (Å²) in [7, 11) is 0. The molecular weight excluding hydrogens is 416 g/mol. The second-order valence-electron chi connectivity index (χ2n) is 7.45. The maximum Gasteiger partial charge on any atom is 0.410 e. The van der Waals surface area contributed by atoms with Crippen molar-refractivity contribution >= 4 is 34.3 Å².